The number of piperidine rings is 1. The summed E-state index contributed by atoms with van der Waals surface area (Å²) in [6.07, 6.45) is 4.21. The third-order valence-corrected chi connectivity index (χ3v) is 3.11. The monoisotopic (exact) mass is 155 g/mol. The molecule has 0 aromatic heterocycles. The van der Waals surface area contributed by atoms with Gasteiger partial charge in [0, 0.05) is 12.1 Å². The molecule has 2 atom stereocenters. The smallest absolute Gasteiger partial charge is 0.0118 e. The van der Waals surface area contributed by atoms with E-state index >= 15 is 0 Å². The predicted octanol–water partition coefficient (Wildman–Crippen LogP) is 2.52. The highest BCUT2D eigenvalue weighted by Gasteiger charge is 2.26. The number of likely N-dealkylation sites (tertiary alicyclic amines) is 1. The van der Waals surface area contributed by atoms with E-state index in [2.05, 4.69) is 32.7 Å². The lowest BCUT2D eigenvalue weighted by atomic mass is 9.90. The summed E-state index contributed by atoms with van der Waals surface area (Å²) in [4.78, 5) is 2.55. The second kappa shape index (κ2) is 3.57. The van der Waals surface area contributed by atoms with Crippen LogP contribution in [-0.4, -0.2) is 24.0 Å². The molecule has 1 fully saturated rings. The zero-order chi connectivity index (χ0) is 8.43. The second-order valence-electron chi connectivity index (χ2n) is 4.26. The maximum atomic E-state index is 2.55. The third kappa shape index (κ3) is 1.96. The molecule has 1 rings (SSSR count). The fraction of sp³-hybridized carbons (Fsp3) is 1.00. The first-order valence-electron chi connectivity index (χ1n) is 4.85. The van der Waals surface area contributed by atoms with Gasteiger partial charge in [-0.25, -0.2) is 0 Å². The van der Waals surface area contributed by atoms with Crippen molar-refractivity contribution in [1.82, 2.24) is 4.90 Å². The van der Waals surface area contributed by atoms with E-state index in [9.17, 15) is 0 Å². The van der Waals surface area contributed by atoms with Crippen LogP contribution in [0, 0.1) is 5.92 Å². The molecule has 1 nitrogen and oxygen atoms in total. The molecule has 0 N–H and O–H groups in total. The Bertz CT molecular complexity index is 120. The standard InChI is InChI=1S/C10H21N/c1-8(2)10-7-5-6-9(3)11(10)4/h8-10H,5-7H2,1-4H3. The molecule has 0 aliphatic carbocycles. The Balaban J connectivity index is 2.51. The lowest BCUT2D eigenvalue weighted by Gasteiger charge is -2.40. The van der Waals surface area contributed by atoms with E-state index in [1.165, 1.54) is 19.3 Å². The van der Waals surface area contributed by atoms with Crippen molar-refractivity contribution in [3.8, 4) is 0 Å². The highest BCUT2D eigenvalue weighted by molar-refractivity contribution is 4.81. The maximum Gasteiger partial charge on any atom is 0.0118 e. The number of rotatable bonds is 1. The van der Waals surface area contributed by atoms with E-state index in [0.717, 1.165) is 18.0 Å². The first kappa shape index (κ1) is 9.05. The van der Waals surface area contributed by atoms with Crippen LogP contribution < -0.4 is 0 Å². The van der Waals surface area contributed by atoms with Crippen LogP contribution in [0.5, 0.6) is 0 Å². The minimum atomic E-state index is 0.802. The van der Waals surface area contributed by atoms with Gasteiger partial charge in [-0.15, -0.1) is 0 Å². The molecule has 0 saturated carbocycles. The van der Waals surface area contributed by atoms with Crippen LogP contribution in [-0.2, 0) is 0 Å². The van der Waals surface area contributed by atoms with Crippen LogP contribution in [0.4, 0.5) is 0 Å². The quantitative estimate of drug-likeness (QED) is 0.562. The molecule has 11 heavy (non-hydrogen) atoms. The van der Waals surface area contributed by atoms with E-state index in [-0.39, 0.29) is 0 Å². The zero-order valence-corrected chi connectivity index (χ0v) is 8.30. The molecule has 0 aromatic rings. The van der Waals surface area contributed by atoms with Gasteiger partial charge in [-0.1, -0.05) is 20.3 Å². The number of nitrogens with zero attached hydrogens (tertiary/aromatic N) is 1. The fourth-order valence-corrected chi connectivity index (χ4v) is 2.16. The Kier molecular flexibility index (Phi) is 2.94. The average molecular weight is 155 g/mol. The van der Waals surface area contributed by atoms with E-state index in [1.54, 1.807) is 0 Å². The first-order chi connectivity index (χ1) is 5.13. The van der Waals surface area contributed by atoms with Crippen LogP contribution in [0.15, 0.2) is 0 Å². The summed E-state index contributed by atoms with van der Waals surface area (Å²) in [7, 11) is 2.27. The van der Waals surface area contributed by atoms with Crippen molar-refractivity contribution in [1.29, 1.82) is 0 Å². The summed E-state index contributed by atoms with van der Waals surface area (Å²) in [5, 5.41) is 0. The molecular weight excluding hydrogens is 134 g/mol. The molecule has 0 radical (unpaired) electrons. The van der Waals surface area contributed by atoms with Gasteiger partial charge in [-0.05, 0) is 32.7 Å². The van der Waals surface area contributed by atoms with Gasteiger partial charge in [-0.2, -0.15) is 0 Å². The Morgan fingerprint density at radius 3 is 2.36 bits per heavy atom. The summed E-state index contributed by atoms with van der Waals surface area (Å²) >= 11 is 0. The molecule has 0 amide bonds. The van der Waals surface area contributed by atoms with Crippen molar-refractivity contribution in [3.63, 3.8) is 0 Å². The highest BCUT2D eigenvalue weighted by Crippen LogP contribution is 2.25. The minimum absolute atomic E-state index is 0.802. The summed E-state index contributed by atoms with van der Waals surface area (Å²) in [5.41, 5.74) is 0. The van der Waals surface area contributed by atoms with Gasteiger partial charge in [-0.3, -0.25) is 0 Å². The highest BCUT2D eigenvalue weighted by atomic mass is 15.2. The van der Waals surface area contributed by atoms with E-state index in [0.29, 0.717) is 0 Å². The van der Waals surface area contributed by atoms with Gasteiger partial charge in [0.2, 0.25) is 0 Å². The largest absolute Gasteiger partial charge is 0.300 e. The molecule has 1 heterocycles. The average Bonchev–Trinajstić information content (AvgIpc) is 1.94. The molecule has 0 aromatic carbocycles. The van der Waals surface area contributed by atoms with Crippen LogP contribution in [0.25, 0.3) is 0 Å². The van der Waals surface area contributed by atoms with E-state index in [1.807, 2.05) is 0 Å². The maximum absolute atomic E-state index is 2.55. The Morgan fingerprint density at radius 1 is 1.27 bits per heavy atom. The van der Waals surface area contributed by atoms with Crippen LogP contribution in [0.1, 0.15) is 40.0 Å². The van der Waals surface area contributed by atoms with Gasteiger partial charge in [0.1, 0.15) is 0 Å². The molecule has 1 aliphatic rings. The van der Waals surface area contributed by atoms with E-state index < -0.39 is 0 Å². The molecule has 1 heteroatoms. The molecule has 2 unspecified atom stereocenters. The Labute approximate surface area is 70.8 Å². The fourth-order valence-electron chi connectivity index (χ4n) is 2.16. The Morgan fingerprint density at radius 2 is 1.91 bits per heavy atom. The molecule has 0 spiro atoms. The summed E-state index contributed by atoms with van der Waals surface area (Å²) in [5.74, 6) is 0.822. The summed E-state index contributed by atoms with van der Waals surface area (Å²) in [6, 6.07) is 1.63. The Hall–Kier alpha value is -0.0400. The van der Waals surface area contributed by atoms with Crippen LogP contribution in [0.2, 0.25) is 0 Å². The van der Waals surface area contributed by atoms with Gasteiger partial charge in [0.25, 0.3) is 0 Å². The number of hydrogen-bond acceptors (Lipinski definition) is 1. The van der Waals surface area contributed by atoms with Crippen molar-refractivity contribution in [2.45, 2.75) is 52.1 Å². The third-order valence-electron chi connectivity index (χ3n) is 3.11. The van der Waals surface area contributed by atoms with Crippen molar-refractivity contribution in [3.05, 3.63) is 0 Å². The zero-order valence-electron chi connectivity index (χ0n) is 8.30. The van der Waals surface area contributed by atoms with Crippen molar-refractivity contribution < 1.29 is 0 Å². The molecular formula is C10H21N. The SMILES string of the molecule is CC(C)C1CCCC(C)N1C. The van der Waals surface area contributed by atoms with Gasteiger partial charge in [0.05, 0.1) is 0 Å². The van der Waals surface area contributed by atoms with Crippen LogP contribution in [0.3, 0.4) is 0 Å². The summed E-state index contributed by atoms with van der Waals surface area (Å²) < 4.78 is 0. The minimum Gasteiger partial charge on any atom is -0.300 e. The molecule has 1 saturated heterocycles. The van der Waals surface area contributed by atoms with Gasteiger partial charge in [0.15, 0.2) is 0 Å². The number of hydrogen-bond donors (Lipinski definition) is 0. The lowest BCUT2D eigenvalue weighted by molar-refractivity contribution is 0.0935. The van der Waals surface area contributed by atoms with Crippen molar-refractivity contribution in [2.24, 2.45) is 5.92 Å². The van der Waals surface area contributed by atoms with E-state index in [4.69, 9.17) is 0 Å². The lowest BCUT2D eigenvalue weighted by Crippen LogP contribution is -2.44. The first-order valence-corrected chi connectivity index (χ1v) is 4.85. The van der Waals surface area contributed by atoms with Gasteiger partial charge >= 0.3 is 0 Å². The second-order valence-corrected chi connectivity index (χ2v) is 4.26. The summed E-state index contributed by atoms with van der Waals surface area (Å²) in [6.45, 7) is 7.01. The van der Waals surface area contributed by atoms with Crippen molar-refractivity contribution in [2.75, 3.05) is 7.05 Å². The van der Waals surface area contributed by atoms with Crippen LogP contribution >= 0.6 is 0 Å². The molecule has 1 aliphatic heterocycles. The molecule has 66 valence electrons. The van der Waals surface area contributed by atoms with Gasteiger partial charge < -0.3 is 4.90 Å². The normalized spacial score (nSPS) is 34.6. The molecule has 0 bridgehead atoms. The topological polar surface area (TPSA) is 3.24 Å². The predicted molar refractivity (Wildman–Crippen MR) is 49.7 cm³/mol. The van der Waals surface area contributed by atoms with Crippen molar-refractivity contribution >= 4 is 0 Å².